The first-order chi connectivity index (χ1) is 9.19. The molecule has 2 N–H and O–H groups in total. The average molecular weight is 261 g/mol. The number of benzene rings is 1. The topological polar surface area (TPSA) is 43.8 Å². The Bertz CT molecular complexity index is 590. The van der Waals surface area contributed by atoms with Gasteiger partial charge in [0.15, 0.2) is 0 Å². The molecule has 0 amide bonds. The summed E-state index contributed by atoms with van der Waals surface area (Å²) in [6.45, 7) is 2.24. The van der Waals surface area contributed by atoms with Gasteiger partial charge < -0.3 is 10.3 Å². The Hall–Kier alpha value is -1.58. The lowest BCUT2D eigenvalue weighted by atomic mass is 9.84. The molecule has 1 fully saturated rings. The highest BCUT2D eigenvalue weighted by Crippen LogP contribution is 2.37. The van der Waals surface area contributed by atoms with Gasteiger partial charge in [-0.2, -0.15) is 0 Å². The first-order valence-corrected chi connectivity index (χ1v) is 7.12. The smallest absolute Gasteiger partial charge is 0.201 e. The number of imidazole rings is 1. The summed E-state index contributed by atoms with van der Waals surface area (Å²) in [5, 5.41) is 0. The van der Waals surface area contributed by atoms with Gasteiger partial charge in [-0.25, -0.2) is 9.37 Å². The van der Waals surface area contributed by atoms with Crippen LogP contribution in [0.1, 0.15) is 45.1 Å². The third kappa shape index (κ3) is 2.20. The number of aromatic nitrogens is 2. The van der Waals surface area contributed by atoms with E-state index in [-0.39, 0.29) is 5.82 Å². The number of hydrogen-bond donors (Lipinski definition) is 1. The maximum absolute atomic E-state index is 13.5. The zero-order valence-corrected chi connectivity index (χ0v) is 11.3. The van der Waals surface area contributed by atoms with Crippen LogP contribution in [0.5, 0.6) is 0 Å². The Labute approximate surface area is 112 Å². The lowest BCUT2D eigenvalue weighted by Gasteiger charge is -2.30. The van der Waals surface area contributed by atoms with Crippen molar-refractivity contribution >= 4 is 17.0 Å². The first kappa shape index (κ1) is 12.5. The molecule has 3 rings (SSSR count). The number of nitrogens with zero attached hydrogens (tertiary/aromatic N) is 2. The number of hydrogen-bond acceptors (Lipinski definition) is 2. The maximum Gasteiger partial charge on any atom is 0.201 e. The van der Waals surface area contributed by atoms with E-state index in [9.17, 15) is 4.39 Å². The molecule has 0 radical (unpaired) electrons. The summed E-state index contributed by atoms with van der Waals surface area (Å²) in [5.41, 5.74) is 7.67. The van der Waals surface area contributed by atoms with Gasteiger partial charge in [-0.1, -0.05) is 26.2 Å². The molecule has 2 atom stereocenters. The van der Waals surface area contributed by atoms with Crippen molar-refractivity contribution in [2.75, 3.05) is 5.73 Å². The minimum absolute atomic E-state index is 0.225. The van der Waals surface area contributed by atoms with Crippen LogP contribution in [0.3, 0.4) is 0 Å². The van der Waals surface area contributed by atoms with Crippen molar-refractivity contribution in [2.24, 2.45) is 5.92 Å². The molecule has 4 heteroatoms. The van der Waals surface area contributed by atoms with E-state index in [1.807, 2.05) is 4.57 Å². The van der Waals surface area contributed by atoms with Crippen LogP contribution in [0.2, 0.25) is 0 Å². The SMILES string of the molecule is CCC1CCCC(n2c(N)nc3ccc(F)cc32)C1. The van der Waals surface area contributed by atoms with E-state index in [0.717, 1.165) is 29.8 Å². The predicted molar refractivity (Wildman–Crippen MR) is 75.4 cm³/mol. The monoisotopic (exact) mass is 261 g/mol. The second-order valence-corrected chi connectivity index (χ2v) is 5.57. The molecule has 102 valence electrons. The molecule has 0 saturated heterocycles. The zero-order chi connectivity index (χ0) is 13.4. The fourth-order valence-corrected chi connectivity index (χ4v) is 3.34. The summed E-state index contributed by atoms with van der Waals surface area (Å²) >= 11 is 0. The van der Waals surface area contributed by atoms with Gasteiger partial charge in [0.1, 0.15) is 5.82 Å². The molecular formula is C15H20FN3. The normalized spacial score (nSPS) is 23.9. The summed E-state index contributed by atoms with van der Waals surface area (Å²) in [4.78, 5) is 4.35. The molecule has 1 heterocycles. The van der Waals surface area contributed by atoms with Crippen LogP contribution in [0.25, 0.3) is 11.0 Å². The highest BCUT2D eigenvalue weighted by Gasteiger charge is 2.25. The van der Waals surface area contributed by atoms with Crippen LogP contribution < -0.4 is 5.73 Å². The van der Waals surface area contributed by atoms with E-state index in [0.29, 0.717) is 12.0 Å². The van der Waals surface area contributed by atoms with Gasteiger partial charge in [0, 0.05) is 6.04 Å². The van der Waals surface area contributed by atoms with Gasteiger partial charge in [-0.3, -0.25) is 0 Å². The van der Waals surface area contributed by atoms with Gasteiger partial charge in [0.25, 0.3) is 0 Å². The fraction of sp³-hybridized carbons (Fsp3) is 0.533. The summed E-state index contributed by atoms with van der Waals surface area (Å²) in [6.07, 6.45) is 5.97. The summed E-state index contributed by atoms with van der Waals surface area (Å²) in [7, 11) is 0. The Morgan fingerprint density at radius 2 is 2.26 bits per heavy atom. The molecule has 1 aliphatic carbocycles. The zero-order valence-electron chi connectivity index (χ0n) is 11.3. The quantitative estimate of drug-likeness (QED) is 0.891. The highest BCUT2D eigenvalue weighted by atomic mass is 19.1. The van der Waals surface area contributed by atoms with Crippen LogP contribution in [0, 0.1) is 11.7 Å². The van der Waals surface area contributed by atoms with E-state index in [1.54, 1.807) is 12.1 Å². The molecule has 0 bridgehead atoms. The fourth-order valence-electron chi connectivity index (χ4n) is 3.34. The Morgan fingerprint density at radius 1 is 1.42 bits per heavy atom. The number of halogens is 1. The Morgan fingerprint density at radius 3 is 3.05 bits per heavy atom. The summed E-state index contributed by atoms with van der Waals surface area (Å²) < 4.78 is 15.5. The molecule has 3 nitrogen and oxygen atoms in total. The molecule has 1 saturated carbocycles. The van der Waals surface area contributed by atoms with Crippen molar-refractivity contribution in [1.29, 1.82) is 0 Å². The molecule has 0 spiro atoms. The predicted octanol–water partition coefficient (Wildman–Crippen LogP) is 3.90. The first-order valence-electron chi connectivity index (χ1n) is 7.12. The number of anilines is 1. The summed E-state index contributed by atoms with van der Waals surface area (Å²) in [6, 6.07) is 5.06. The number of nitrogens with two attached hydrogens (primary N) is 1. The largest absolute Gasteiger partial charge is 0.369 e. The van der Waals surface area contributed by atoms with Crippen LogP contribution in [0.4, 0.5) is 10.3 Å². The highest BCUT2D eigenvalue weighted by molar-refractivity contribution is 5.78. The Kier molecular flexibility index (Phi) is 3.17. The third-order valence-electron chi connectivity index (χ3n) is 4.38. The van der Waals surface area contributed by atoms with E-state index in [1.165, 1.54) is 25.3 Å². The molecule has 1 aromatic carbocycles. The molecule has 1 aliphatic rings. The second-order valence-electron chi connectivity index (χ2n) is 5.57. The average Bonchev–Trinajstić information content (AvgIpc) is 2.74. The minimum atomic E-state index is -0.225. The van der Waals surface area contributed by atoms with Crippen LogP contribution in [-0.2, 0) is 0 Å². The lowest BCUT2D eigenvalue weighted by molar-refractivity contribution is 0.267. The van der Waals surface area contributed by atoms with Crippen LogP contribution in [0.15, 0.2) is 18.2 Å². The molecule has 1 aromatic heterocycles. The van der Waals surface area contributed by atoms with Gasteiger partial charge >= 0.3 is 0 Å². The van der Waals surface area contributed by atoms with Crippen molar-refractivity contribution in [3.63, 3.8) is 0 Å². The molecule has 2 aromatic rings. The van der Waals surface area contributed by atoms with Gasteiger partial charge in [-0.05, 0) is 37.0 Å². The van der Waals surface area contributed by atoms with Crippen LogP contribution in [-0.4, -0.2) is 9.55 Å². The van der Waals surface area contributed by atoms with E-state index < -0.39 is 0 Å². The maximum atomic E-state index is 13.5. The van der Waals surface area contributed by atoms with Crippen molar-refractivity contribution in [3.8, 4) is 0 Å². The summed E-state index contributed by atoms with van der Waals surface area (Å²) in [5.74, 6) is 1.04. The van der Waals surface area contributed by atoms with Crippen molar-refractivity contribution in [3.05, 3.63) is 24.0 Å². The van der Waals surface area contributed by atoms with Gasteiger partial charge in [0.05, 0.1) is 11.0 Å². The number of fused-ring (bicyclic) bond motifs is 1. The minimum Gasteiger partial charge on any atom is -0.369 e. The van der Waals surface area contributed by atoms with E-state index in [2.05, 4.69) is 11.9 Å². The van der Waals surface area contributed by atoms with E-state index in [4.69, 9.17) is 5.73 Å². The van der Waals surface area contributed by atoms with Gasteiger partial charge in [-0.15, -0.1) is 0 Å². The Balaban J connectivity index is 2.03. The van der Waals surface area contributed by atoms with Crippen molar-refractivity contribution in [2.45, 2.75) is 45.1 Å². The second kappa shape index (κ2) is 4.83. The number of rotatable bonds is 2. The lowest BCUT2D eigenvalue weighted by Crippen LogP contribution is -2.20. The number of nitrogen functional groups attached to an aromatic ring is 1. The van der Waals surface area contributed by atoms with Crippen LogP contribution >= 0.6 is 0 Å². The van der Waals surface area contributed by atoms with E-state index >= 15 is 0 Å². The standard InChI is InChI=1S/C15H20FN3/c1-2-10-4-3-5-12(8-10)19-14-9-11(16)6-7-13(14)18-15(19)17/h6-7,9-10,12H,2-5,8H2,1H3,(H2,17,18). The van der Waals surface area contributed by atoms with Crippen molar-refractivity contribution in [1.82, 2.24) is 9.55 Å². The third-order valence-corrected chi connectivity index (χ3v) is 4.38. The molecule has 19 heavy (non-hydrogen) atoms. The molecular weight excluding hydrogens is 241 g/mol. The molecule has 0 aliphatic heterocycles. The van der Waals surface area contributed by atoms with Crippen molar-refractivity contribution < 1.29 is 4.39 Å². The molecule has 2 unspecified atom stereocenters. The van der Waals surface area contributed by atoms with Gasteiger partial charge in [0.2, 0.25) is 5.95 Å².